The van der Waals surface area contributed by atoms with Crippen molar-refractivity contribution in [2.45, 2.75) is 213 Å². The number of carbonyl (C=O) groups excluding carboxylic acids is 2. The second-order valence-corrected chi connectivity index (χ2v) is 19.3. The van der Waals surface area contributed by atoms with Gasteiger partial charge in [0, 0.05) is 12.8 Å². The minimum atomic E-state index is -4.39. The highest BCUT2D eigenvalue weighted by molar-refractivity contribution is 7.47. The number of esters is 2. The van der Waals surface area contributed by atoms with Crippen molar-refractivity contribution in [2.24, 2.45) is 0 Å². The lowest BCUT2D eigenvalue weighted by Crippen LogP contribution is -2.37. The Balaban J connectivity index is 4.35. The van der Waals surface area contributed by atoms with Crippen LogP contribution in [0.3, 0.4) is 0 Å². The summed E-state index contributed by atoms with van der Waals surface area (Å²) < 4.78 is 34.4. The number of quaternary nitrogens is 1. The van der Waals surface area contributed by atoms with Gasteiger partial charge in [-0.05, 0) is 83.5 Å². The van der Waals surface area contributed by atoms with E-state index in [1.165, 1.54) is 116 Å². The summed E-state index contributed by atoms with van der Waals surface area (Å²) in [6, 6.07) is 0. The number of allylic oxidation sites excluding steroid dienone is 10. The van der Waals surface area contributed by atoms with E-state index in [4.69, 9.17) is 18.5 Å². The van der Waals surface area contributed by atoms with E-state index >= 15 is 0 Å². The molecule has 0 spiro atoms. The first kappa shape index (κ1) is 59.7. The molecule has 2 atom stereocenters. The van der Waals surface area contributed by atoms with E-state index in [1.54, 1.807) is 0 Å². The summed E-state index contributed by atoms with van der Waals surface area (Å²) in [5, 5.41) is 0. The third-order valence-corrected chi connectivity index (χ3v) is 11.5. The first-order valence-electron chi connectivity index (χ1n) is 25.0. The van der Waals surface area contributed by atoms with Gasteiger partial charge < -0.3 is 18.9 Å². The van der Waals surface area contributed by atoms with Gasteiger partial charge >= 0.3 is 19.8 Å². The van der Waals surface area contributed by atoms with Crippen LogP contribution >= 0.6 is 7.82 Å². The van der Waals surface area contributed by atoms with Crippen LogP contribution in [-0.2, 0) is 32.7 Å². The molecule has 10 heteroatoms. The summed E-state index contributed by atoms with van der Waals surface area (Å²) in [6.07, 6.45) is 54.1. The van der Waals surface area contributed by atoms with Crippen molar-refractivity contribution in [1.29, 1.82) is 0 Å². The fourth-order valence-electron chi connectivity index (χ4n) is 6.58. The Labute approximate surface area is 381 Å². The van der Waals surface area contributed by atoms with Crippen molar-refractivity contribution in [3.8, 4) is 0 Å². The van der Waals surface area contributed by atoms with E-state index in [9.17, 15) is 19.0 Å². The molecule has 0 rings (SSSR count). The first-order valence-corrected chi connectivity index (χ1v) is 26.5. The van der Waals surface area contributed by atoms with Crippen LogP contribution in [0.1, 0.15) is 206 Å². The second-order valence-electron chi connectivity index (χ2n) is 17.8. The van der Waals surface area contributed by atoms with Crippen LogP contribution in [-0.4, -0.2) is 74.9 Å². The Hall–Kier alpha value is -2.29. The molecule has 360 valence electrons. The normalized spacial score (nSPS) is 14.0. The molecule has 0 aliphatic rings. The maximum atomic E-state index is 12.7. The summed E-state index contributed by atoms with van der Waals surface area (Å²) in [5.41, 5.74) is 0. The molecule has 1 N–H and O–H groups in total. The van der Waals surface area contributed by atoms with E-state index in [-0.39, 0.29) is 32.0 Å². The number of phosphoric acid groups is 1. The van der Waals surface area contributed by atoms with Crippen LogP contribution in [0, 0.1) is 0 Å². The lowest BCUT2D eigenvalue weighted by atomic mass is 10.1. The van der Waals surface area contributed by atoms with Gasteiger partial charge in [-0.2, -0.15) is 0 Å². The van der Waals surface area contributed by atoms with Crippen LogP contribution in [0.15, 0.2) is 60.8 Å². The summed E-state index contributed by atoms with van der Waals surface area (Å²) in [4.78, 5) is 35.5. The topological polar surface area (TPSA) is 108 Å². The molecule has 0 aliphatic heterocycles. The molecule has 0 fully saturated rings. The minimum Gasteiger partial charge on any atom is -0.462 e. The van der Waals surface area contributed by atoms with Gasteiger partial charge in [0.15, 0.2) is 6.10 Å². The van der Waals surface area contributed by atoms with Gasteiger partial charge in [0.1, 0.15) is 19.8 Å². The van der Waals surface area contributed by atoms with Crippen LogP contribution in [0.25, 0.3) is 0 Å². The lowest BCUT2D eigenvalue weighted by Gasteiger charge is -2.24. The number of nitrogens with zero attached hydrogens (tertiary/aromatic N) is 1. The van der Waals surface area contributed by atoms with Gasteiger partial charge in [0.05, 0.1) is 27.7 Å². The smallest absolute Gasteiger partial charge is 0.462 e. The molecule has 0 aromatic carbocycles. The number of rotatable bonds is 45. The van der Waals surface area contributed by atoms with Crippen LogP contribution < -0.4 is 0 Å². The van der Waals surface area contributed by atoms with Crippen LogP contribution in [0.4, 0.5) is 0 Å². The van der Waals surface area contributed by atoms with E-state index in [0.29, 0.717) is 17.4 Å². The molecular formula is C52H95NO8P+. The Bertz CT molecular complexity index is 1240. The fraction of sp³-hybridized carbons (Fsp3) is 0.769. The van der Waals surface area contributed by atoms with Gasteiger partial charge in [-0.15, -0.1) is 0 Å². The third kappa shape index (κ3) is 47.2. The Morgan fingerprint density at radius 1 is 0.500 bits per heavy atom. The number of phosphoric ester groups is 1. The maximum Gasteiger partial charge on any atom is 0.472 e. The average molecular weight is 893 g/mol. The Morgan fingerprint density at radius 2 is 0.871 bits per heavy atom. The molecule has 0 saturated heterocycles. The second kappa shape index (κ2) is 43.9. The average Bonchev–Trinajstić information content (AvgIpc) is 3.23. The molecular weight excluding hydrogens is 798 g/mol. The number of carbonyl (C=O) groups is 2. The Morgan fingerprint density at radius 3 is 1.35 bits per heavy atom. The molecule has 0 aromatic heterocycles. The van der Waals surface area contributed by atoms with E-state index in [0.717, 1.165) is 57.8 Å². The fourth-order valence-corrected chi connectivity index (χ4v) is 7.32. The molecule has 0 amide bonds. The summed E-state index contributed by atoms with van der Waals surface area (Å²) in [7, 11) is 1.45. The molecule has 62 heavy (non-hydrogen) atoms. The standard InChI is InChI=1S/C52H94NO8P/c1-6-8-10-12-14-16-18-20-22-24-26-28-30-32-34-36-38-40-42-44-51(54)58-48-50(49-60-62(56,57)59-47-46-53(3,4)5)61-52(55)45-43-41-39-37-35-33-31-29-27-25-23-21-19-17-15-13-11-9-7-2/h15,17,20-23,27,29,33,35,50H,6-14,16,18-19,24-26,28,30-32,34,36-49H2,1-5H3/p+1/b17-15-,22-20-,23-21-,29-27-,35-33-/t50-/m1/s1. The highest BCUT2D eigenvalue weighted by Crippen LogP contribution is 2.43. The summed E-state index contributed by atoms with van der Waals surface area (Å²) in [6.45, 7) is 4.36. The van der Waals surface area contributed by atoms with Crippen molar-refractivity contribution in [3.05, 3.63) is 60.8 Å². The molecule has 1 unspecified atom stereocenters. The van der Waals surface area contributed by atoms with Gasteiger partial charge in [0.25, 0.3) is 0 Å². The van der Waals surface area contributed by atoms with Crippen molar-refractivity contribution < 1.29 is 42.1 Å². The largest absolute Gasteiger partial charge is 0.472 e. The highest BCUT2D eigenvalue weighted by atomic mass is 31.2. The predicted molar refractivity (Wildman–Crippen MR) is 261 cm³/mol. The minimum absolute atomic E-state index is 0.0229. The van der Waals surface area contributed by atoms with Gasteiger partial charge in [-0.1, -0.05) is 171 Å². The molecule has 0 heterocycles. The quantitative estimate of drug-likeness (QED) is 0.0212. The SMILES string of the molecule is CCCCC/C=C\C/C=C\C/C=C\C/C=C\CCCCCC(=O)O[C@H](COC(=O)CCCCCCCCCCC/C=C\CCCCCCCC)COP(=O)(O)OCC[N+](C)(C)C. The van der Waals surface area contributed by atoms with Crippen molar-refractivity contribution in [3.63, 3.8) is 0 Å². The molecule has 0 bridgehead atoms. The lowest BCUT2D eigenvalue weighted by molar-refractivity contribution is -0.870. The van der Waals surface area contributed by atoms with E-state index in [1.807, 2.05) is 21.1 Å². The predicted octanol–water partition coefficient (Wildman–Crippen LogP) is 14.8. The monoisotopic (exact) mass is 893 g/mol. The zero-order valence-electron chi connectivity index (χ0n) is 40.6. The molecule has 0 aromatic rings. The van der Waals surface area contributed by atoms with Gasteiger partial charge in [-0.25, -0.2) is 4.57 Å². The van der Waals surface area contributed by atoms with Crippen LogP contribution in [0.2, 0.25) is 0 Å². The van der Waals surface area contributed by atoms with Crippen molar-refractivity contribution in [1.82, 2.24) is 0 Å². The van der Waals surface area contributed by atoms with Crippen molar-refractivity contribution in [2.75, 3.05) is 47.5 Å². The number of hydrogen-bond acceptors (Lipinski definition) is 7. The van der Waals surface area contributed by atoms with Gasteiger partial charge in [0.2, 0.25) is 0 Å². The molecule has 0 radical (unpaired) electrons. The zero-order valence-corrected chi connectivity index (χ0v) is 41.5. The number of hydrogen-bond donors (Lipinski definition) is 1. The number of ether oxygens (including phenoxy) is 2. The van der Waals surface area contributed by atoms with E-state index in [2.05, 4.69) is 74.6 Å². The number of unbranched alkanes of at least 4 members (excludes halogenated alkanes) is 21. The third-order valence-electron chi connectivity index (χ3n) is 10.5. The van der Waals surface area contributed by atoms with Crippen molar-refractivity contribution >= 4 is 19.8 Å². The van der Waals surface area contributed by atoms with Crippen LogP contribution in [0.5, 0.6) is 0 Å². The highest BCUT2D eigenvalue weighted by Gasteiger charge is 2.27. The zero-order chi connectivity index (χ0) is 45.7. The molecule has 0 aliphatic carbocycles. The number of likely N-dealkylation sites (N-methyl/N-ethyl adjacent to an activating group) is 1. The molecule has 0 saturated carbocycles. The van der Waals surface area contributed by atoms with Gasteiger partial charge in [-0.3, -0.25) is 18.6 Å². The summed E-state index contributed by atoms with van der Waals surface area (Å²) in [5.74, 6) is -0.836. The maximum absolute atomic E-state index is 12.7. The summed E-state index contributed by atoms with van der Waals surface area (Å²) >= 11 is 0. The Kier molecular flexibility index (Phi) is 42.3. The first-order chi connectivity index (χ1) is 30.0. The van der Waals surface area contributed by atoms with E-state index < -0.39 is 26.5 Å². The molecule has 9 nitrogen and oxygen atoms in total.